The number of rotatable bonds is 8. The van der Waals surface area contributed by atoms with Crippen molar-refractivity contribution >= 4 is 10.8 Å². The van der Waals surface area contributed by atoms with Gasteiger partial charge in [0.25, 0.3) is 0 Å². The Morgan fingerprint density at radius 1 is 0.889 bits per heavy atom. The molecular weight excluding hydrogens is 332 g/mol. The quantitative estimate of drug-likeness (QED) is 0.463. The third-order valence-electron chi connectivity index (χ3n) is 5.55. The first-order valence-corrected chi connectivity index (χ1v) is 10.9. The van der Waals surface area contributed by atoms with Gasteiger partial charge in [-0.3, -0.25) is 0 Å². The molecular formula is C25H36O2. The van der Waals surface area contributed by atoms with Gasteiger partial charge in [0, 0.05) is 21.9 Å². The Morgan fingerprint density at radius 2 is 1.48 bits per heavy atom. The second-order valence-electron chi connectivity index (χ2n) is 8.60. The van der Waals surface area contributed by atoms with Crippen LogP contribution in [0, 0.1) is 5.92 Å². The molecule has 0 radical (unpaired) electrons. The lowest BCUT2D eigenvalue weighted by Gasteiger charge is -2.31. The maximum Gasteiger partial charge on any atom is 0.131 e. The zero-order valence-electron chi connectivity index (χ0n) is 17.8. The molecule has 27 heavy (non-hydrogen) atoms. The summed E-state index contributed by atoms with van der Waals surface area (Å²) < 4.78 is 12.8. The Balaban J connectivity index is 2.09. The highest BCUT2D eigenvalue weighted by Gasteiger charge is 2.28. The minimum atomic E-state index is 0.176. The van der Waals surface area contributed by atoms with Crippen molar-refractivity contribution in [2.45, 2.75) is 91.8 Å². The molecule has 0 spiro atoms. The molecule has 2 nitrogen and oxygen atoms in total. The zero-order valence-corrected chi connectivity index (χ0v) is 17.8. The lowest BCUT2D eigenvalue weighted by molar-refractivity contribution is 0.231. The van der Waals surface area contributed by atoms with Gasteiger partial charge in [-0.05, 0) is 52.9 Å². The molecule has 148 valence electrons. The highest BCUT2D eigenvalue weighted by Crippen LogP contribution is 2.46. The maximum absolute atomic E-state index is 6.40. The molecule has 3 rings (SSSR count). The van der Waals surface area contributed by atoms with Crippen LogP contribution in [0.5, 0.6) is 11.5 Å². The molecule has 0 heterocycles. The predicted molar refractivity (Wildman–Crippen MR) is 115 cm³/mol. The van der Waals surface area contributed by atoms with Crippen LogP contribution in [-0.4, -0.2) is 12.2 Å². The molecule has 0 bridgehead atoms. The summed E-state index contributed by atoms with van der Waals surface area (Å²) in [6, 6.07) is 8.61. The SMILES string of the molecule is CCCCCC1CCc2c(c(OC(C)C)c3ccccc3c2OC(C)C)C1. The van der Waals surface area contributed by atoms with E-state index in [1.54, 1.807) is 0 Å². The molecule has 0 aromatic heterocycles. The van der Waals surface area contributed by atoms with E-state index in [2.05, 4.69) is 58.9 Å². The molecule has 0 amide bonds. The Labute approximate surface area is 165 Å². The number of ether oxygens (including phenoxy) is 2. The van der Waals surface area contributed by atoms with Gasteiger partial charge in [0.05, 0.1) is 12.2 Å². The molecule has 2 aromatic rings. The second-order valence-corrected chi connectivity index (χ2v) is 8.60. The van der Waals surface area contributed by atoms with E-state index in [-0.39, 0.29) is 12.2 Å². The number of benzene rings is 2. The smallest absolute Gasteiger partial charge is 0.131 e. The van der Waals surface area contributed by atoms with E-state index in [9.17, 15) is 0 Å². The van der Waals surface area contributed by atoms with Crippen LogP contribution in [-0.2, 0) is 12.8 Å². The summed E-state index contributed by atoms with van der Waals surface area (Å²) in [6.07, 6.45) is 9.17. The van der Waals surface area contributed by atoms with Gasteiger partial charge in [0.1, 0.15) is 11.5 Å². The summed E-state index contributed by atoms with van der Waals surface area (Å²) in [4.78, 5) is 0. The second kappa shape index (κ2) is 8.99. The van der Waals surface area contributed by atoms with Gasteiger partial charge >= 0.3 is 0 Å². The highest BCUT2D eigenvalue weighted by molar-refractivity contribution is 5.96. The van der Waals surface area contributed by atoms with E-state index in [0.717, 1.165) is 30.3 Å². The van der Waals surface area contributed by atoms with Crippen LogP contribution in [0.25, 0.3) is 10.8 Å². The van der Waals surface area contributed by atoms with E-state index in [0.29, 0.717) is 0 Å². The van der Waals surface area contributed by atoms with Crippen molar-refractivity contribution in [3.05, 3.63) is 35.4 Å². The van der Waals surface area contributed by atoms with Crippen LogP contribution in [0.2, 0.25) is 0 Å². The molecule has 0 saturated carbocycles. The van der Waals surface area contributed by atoms with Gasteiger partial charge in [-0.2, -0.15) is 0 Å². The number of unbranched alkanes of at least 4 members (excludes halogenated alkanes) is 2. The van der Waals surface area contributed by atoms with Crippen LogP contribution in [0.4, 0.5) is 0 Å². The van der Waals surface area contributed by atoms with Crippen molar-refractivity contribution in [3.63, 3.8) is 0 Å². The first-order chi connectivity index (χ1) is 13.0. The highest BCUT2D eigenvalue weighted by atomic mass is 16.5. The molecule has 1 atom stereocenters. The summed E-state index contributed by atoms with van der Waals surface area (Å²) in [5.41, 5.74) is 2.80. The van der Waals surface area contributed by atoms with Gasteiger partial charge in [0.15, 0.2) is 0 Å². The molecule has 2 aromatic carbocycles. The first kappa shape index (κ1) is 20.0. The van der Waals surface area contributed by atoms with Crippen molar-refractivity contribution in [3.8, 4) is 11.5 Å². The third kappa shape index (κ3) is 4.59. The average molecular weight is 369 g/mol. The lowest BCUT2D eigenvalue weighted by Crippen LogP contribution is -2.20. The Hall–Kier alpha value is -1.70. The van der Waals surface area contributed by atoms with Crippen LogP contribution in [0.1, 0.15) is 77.8 Å². The lowest BCUT2D eigenvalue weighted by atomic mass is 9.79. The maximum atomic E-state index is 6.40. The number of hydrogen-bond donors (Lipinski definition) is 0. The van der Waals surface area contributed by atoms with Crippen LogP contribution < -0.4 is 9.47 Å². The van der Waals surface area contributed by atoms with Crippen molar-refractivity contribution in [2.75, 3.05) is 0 Å². The van der Waals surface area contributed by atoms with E-state index in [1.165, 1.54) is 54.0 Å². The Bertz CT molecular complexity index is 760. The predicted octanol–water partition coefficient (Wildman–Crippen LogP) is 7.10. The van der Waals surface area contributed by atoms with Crippen LogP contribution in [0.15, 0.2) is 24.3 Å². The number of hydrogen-bond acceptors (Lipinski definition) is 2. The van der Waals surface area contributed by atoms with Crippen LogP contribution >= 0.6 is 0 Å². The average Bonchev–Trinajstić information content (AvgIpc) is 2.64. The summed E-state index contributed by atoms with van der Waals surface area (Å²) in [7, 11) is 0. The van der Waals surface area contributed by atoms with Crippen molar-refractivity contribution in [2.24, 2.45) is 5.92 Å². The molecule has 1 aliphatic carbocycles. The van der Waals surface area contributed by atoms with Crippen molar-refractivity contribution < 1.29 is 9.47 Å². The van der Waals surface area contributed by atoms with E-state index >= 15 is 0 Å². The fraction of sp³-hybridized carbons (Fsp3) is 0.600. The largest absolute Gasteiger partial charge is 0.490 e. The number of fused-ring (bicyclic) bond motifs is 2. The third-order valence-corrected chi connectivity index (χ3v) is 5.55. The van der Waals surface area contributed by atoms with Gasteiger partial charge < -0.3 is 9.47 Å². The summed E-state index contributed by atoms with van der Waals surface area (Å²) in [5.74, 6) is 2.97. The Kier molecular flexibility index (Phi) is 6.68. The zero-order chi connectivity index (χ0) is 19.4. The first-order valence-electron chi connectivity index (χ1n) is 10.9. The molecule has 0 saturated heterocycles. The minimum Gasteiger partial charge on any atom is -0.490 e. The summed E-state index contributed by atoms with van der Waals surface area (Å²) in [6.45, 7) is 10.8. The molecule has 0 aliphatic heterocycles. The van der Waals surface area contributed by atoms with Crippen molar-refractivity contribution in [1.29, 1.82) is 0 Å². The van der Waals surface area contributed by atoms with E-state index < -0.39 is 0 Å². The molecule has 0 N–H and O–H groups in total. The molecule has 2 heteroatoms. The van der Waals surface area contributed by atoms with Crippen LogP contribution in [0.3, 0.4) is 0 Å². The summed E-state index contributed by atoms with van der Waals surface area (Å²) >= 11 is 0. The van der Waals surface area contributed by atoms with Gasteiger partial charge in [-0.1, -0.05) is 56.9 Å². The van der Waals surface area contributed by atoms with Gasteiger partial charge in [-0.25, -0.2) is 0 Å². The standard InChI is InChI=1S/C25H36O2/c1-6-7-8-11-19-14-15-22-23(16-19)25(27-18(4)5)21-13-10-9-12-20(21)24(22)26-17(2)3/h9-10,12-13,17-19H,6-8,11,14-16H2,1-5H3. The Morgan fingerprint density at radius 3 is 2.04 bits per heavy atom. The fourth-order valence-electron chi connectivity index (χ4n) is 4.37. The molecule has 1 aliphatic rings. The molecule has 0 fully saturated rings. The minimum absolute atomic E-state index is 0.176. The topological polar surface area (TPSA) is 18.5 Å². The van der Waals surface area contributed by atoms with Gasteiger partial charge in [0.2, 0.25) is 0 Å². The van der Waals surface area contributed by atoms with E-state index in [1.807, 2.05) is 0 Å². The summed E-state index contributed by atoms with van der Waals surface area (Å²) in [5, 5.41) is 2.40. The monoisotopic (exact) mass is 368 g/mol. The van der Waals surface area contributed by atoms with Crippen molar-refractivity contribution in [1.82, 2.24) is 0 Å². The molecule has 1 unspecified atom stereocenters. The fourth-order valence-corrected chi connectivity index (χ4v) is 4.37. The van der Waals surface area contributed by atoms with Gasteiger partial charge in [-0.15, -0.1) is 0 Å². The normalized spacial score (nSPS) is 16.8. The van der Waals surface area contributed by atoms with E-state index in [4.69, 9.17) is 9.47 Å².